The van der Waals surface area contributed by atoms with Crippen molar-refractivity contribution < 1.29 is 9.53 Å². The second-order valence-corrected chi connectivity index (χ2v) is 6.45. The molecule has 1 atom stereocenters. The average Bonchev–Trinajstić information content (AvgIpc) is 2.60. The van der Waals surface area contributed by atoms with Crippen molar-refractivity contribution in [2.24, 2.45) is 5.92 Å². The standard InChI is InChI=1S/C21H27NO2/c1-4-17-10-12-19(13-11-17)24-15-21(23)22-20(14-16(2)3)18-8-6-5-7-9-18/h5-13,16,20H,4,14-15H2,1-3H3,(H,22,23)/t20-/m0/s1. The molecule has 0 unspecified atom stereocenters. The van der Waals surface area contributed by atoms with Crippen LogP contribution in [0.25, 0.3) is 0 Å². The quantitative estimate of drug-likeness (QED) is 0.774. The number of rotatable bonds is 8. The Kier molecular flexibility index (Phi) is 6.86. The van der Waals surface area contributed by atoms with Gasteiger partial charge < -0.3 is 10.1 Å². The van der Waals surface area contributed by atoms with Gasteiger partial charge in [0.1, 0.15) is 5.75 Å². The Morgan fingerprint density at radius 2 is 1.71 bits per heavy atom. The van der Waals surface area contributed by atoms with E-state index >= 15 is 0 Å². The summed E-state index contributed by atoms with van der Waals surface area (Å²) in [6.45, 7) is 6.47. The first-order valence-corrected chi connectivity index (χ1v) is 8.64. The fourth-order valence-corrected chi connectivity index (χ4v) is 2.64. The van der Waals surface area contributed by atoms with Crippen LogP contribution in [-0.2, 0) is 11.2 Å². The SMILES string of the molecule is CCc1ccc(OCC(=O)N[C@@H](CC(C)C)c2ccccc2)cc1. The van der Waals surface area contributed by atoms with Crippen LogP contribution in [0.1, 0.15) is 44.4 Å². The molecule has 0 radical (unpaired) electrons. The van der Waals surface area contributed by atoms with Gasteiger partial charge in [0.2, 0.25) is 0 Å². The highest BCUT2D eigenvalue weighted by molar-refractivity contribution is 5.78. The van der Waals surface area contributed by atoms with Crippen molar-refractivity contribution in [3.05, 3.63) is 65.7 Å². The number of aryl methyl sites for hydroxylation is 1. The molecule has 1 amide bonds. The lowest BCUT2D eigenvalue weighted by atomic mass is 9.97. The predicted molar refractivity (Wildman–Crippen MR) is 98.1 cm³/mol. The van der Waals surface area contributed by atoms with E-state index in [1.807, 2.05) is 42.5 Å². The van der Waals surface area contributed by atoms with E-state index < -0.39 is 0 Å². The van der Waals surface area contributed by atoms with Crippen molar-refractivity contribution in [3.8, 4) is 5.75 Å². The summed E-state index contributed by atoms with van der Waals surface area (Å²) >= 11 is 0. The van der Waals surface area contributed by atoms with Crippen LogP contribution in [0.5, 0.6) is 5.75 Å². The second kappa shape index (κ2) is 9.11. The number of ether oxygens (including phenoxy) is 1. The molecule has 0 aromatic heterocycles. The summed E-state index contributed by atoms with van der Waals surface area (Å²) in [6.07, 6.45) is 1.90. The molecule has 0 saturated heterocycles. The second-order valence-electron chi connectivity index (χ2n) is 6.45. The first-order chi connectivity index (χ1) is 11.6. The van der Waals surface area contributed by atoms with Gasteiger partial charge in [-0.05, 0) is 42.0 Å². The van der Waals surface area contributed by atoms with E-state index in [-0.39, 0.29) is 18.6 Å². The molecule has 0 aliphatic rings. The van der Waals surface area contributed by atoms with E-state index in [0.29, 0.717) is 5.92 Å². The summed E-state index contributed by atoms with van der Waals surface area (Å²) in [5.74, 6) is 1.13. The highest BCUT2D eigenvalue weighted by atomic mass is 16.5. The number of carbonyl (C=O) groups is 1. The van der Waals surface area contributed by atoms with Crippen molar-refractivity contribution in [2.75, 3.05) is 6.61 Å². The van der Waals surface area contributed by atoms with Crippen LogP contribution in [0.2, 0.25) is 0 Å². The summed E-state index contributed by atoms with van der Waals surface area (Å²) in [7, 11) is 0. The summed E-state index contributed by atoms with van der Waals surface area (Å²) < 4.78 is 5.60. The zero-order valence-electron chi connectivity index (χ0n) is 14.8. The van der Waals surface area contributed by atoms with Gasteiger partial charge in [-0.25, -0.2) is 0 Å². The monoisotopic (exact) mass is 325 g/mol. The van der Waals surface area contributed by atoms with Crippen molar-refractivity contribution >= 4 is 5.91 Å². The molecular formula is C21H27NO2. The summed E-state index contributed by atoms with van der Waals surface area (Å²) in [5.41, 5.74) is 2.39. The molecule has 128 valence electrons. The van der Waals surface area contributed by atoms with Crippen LogP contribution in [0.3, 0.4) is 0 Å². The van der Waals surface area contributed by atoms with E-state index in [1.165, 1.54) is 5.56 Å². The van der Waals surface area contributed by atoms with Crippen LogP contribution < -0.4 is 10.1 Å². The van der Waals surface area contributed by atoms with Gasteiger partial charge in [0.25, 0.3) is 5.91 Å². The molecule has 2 rings (SSSR count). The third kappa shape index (κ3) is 5.73. The maximum atomic E-state index is 12.3. The van der Waals surface area contributed by atoms with E-state index in [2.05, 4.69) is 38.2 Å². The molecule has 0 saturated carbocycles. The zero-order chi connectivity index (χ0) is 17.4. The molecule has 0 heterocycles. The van der Waals surface area contributed by atoms with Gasteiger partial charge in [0.15, 0.2) is 6.61 Å². The van der Waals surface area contributed by atoms with Gasteiger partial charge in [0, 0.05) is 0 Å². The lowest BCUT2D eigenvalue weighted by molar-refractivity contribution is -0.124. The Bertz CT molecular complexity index is 620. The van der Waals surface area contributed by atoms with E-state index in [1.54, 1.807) is 0 Å². The third-order valence-electron chi connectivity index (χ3n) is 3.95. The Hall–Kier alpha value is -2.29. The lowest BCUT2D eigenvalue weighted by Crippen LogP contribution is -2.33. The van der Waals surface area contributed by atoms with Gasteiger partial charge in [-0.15, -0.1) is 0 Å². The molecule has 2 aromatic rings. The maximum Gasteiger partial charge on any atom is 0.258 e. The Morgan fingerprint density at radius 3 is 2.29 bits per heavy atom. The van der Waals surface area contributed by atoms with Crippen LogP contribution >= 0.6 is 0 Å². The highest BCUT2D eigenvalue weighted by Crippen LogP contribution is 2.21. The minimum Gasteiger partial charge on any atom is -0.484 e. The summed E-state index contributed by atoms with van der Waals surface area (Å²) in [4.78, 5) is 12.3. The molecule has 0 bridgehead atoms. The minimum atomic E-state index is -0.0935. The molecule has 0 fully saturated rings. The maximum absolute atomic E-state index is 12.3. The number of benzene rings is 2. The number of carbonyl (C=O) groups excluding carboxylic acids is 1. The average molecular weight is 325 g/mol. The molecule has 0 aliphatic heterocycles. The van der Waals surface area contributed by atoms with Crippen molar-refractivity contribution in [1.82, 2.24) is 5.32 Å². The highest BCUT2D eigenvalue weighted by Gasteiger charge is 2.16. The van der Waals surface area contributed by atoms with E-state index in [0.717, 1.165) is 24.2 Å². The largest absolute Gasteiger partial charge is 0.484 e. The van der Waals surface area contributed by atoms with Gasteiger partial charge in [0.05, 0.1) is 6.04 Å². The zero-order valence-corrected chi connectivity index (χ0v) is 14.8. The normalized spacial score (nSPS) is 12.0. The van der Waals surface area contributed by atoms with Crippen molar-refractivity contribution in [2.45, 2.75) is 39.7 Å². The predicted octanol–water partition coefficient (Wildman–Crippen LogP) is 4.53. The first-order valence-electron chi connectivity index (χ1n) is 8.64. The lowest BCUT2D eigenvalue weighted by Gasteiger charge is -2.21. The Labute approximate surface area is 145 Å². The topological polar surface area (TPSA) is 38.3 Å². The molecular weight excluding hydrogens is 298 g/mol. The first kappa shape index (κ1) is 18.1. The van der Waals surface area contributed by atoms with Crippen LogP contribution in [0.15, 0.2) is 54.6 Å². The van der Waals surface area contributed by atoms with Gasteiger partial charge in [-0.1, -0.05) is 63.2 Å². The van der Waals surface area contributed by atoms with Gasteiger partial charge in [-0.3, -0.25) is 4.79 Å². The molecule has 1 N–H and O–H groups in total. The number of amides is 1. The van der Waals surface area contributed by atoms with Crippen molar-refractivity contribution in [1.29, 1.82) is 0 Å². The van der Waals surface area contributed by atoms with Crippen LogP contribution in [0, 0.1) is 5.92 Å². The van der Waals surface area contributed by atoms with Crippen molar-refractivity contribution in [3.63, 3.8) is 0 Å². The fourth-order valence-electron chi connectivity index (χ4n) is 2.64. The molecule has 2 aromatic carbocycles. The van der Waals surface area contributed by atoms with Crippen LogP contribution in [0.4, 0.5) is 0 Å². The smallest absolute Gasteiger partial charge is 0.258 e. The molecule has 3 nitrogen and oxygen atoms in total. The molecule has 0 aliphatic carbocycles. The Morgan fingerprint density at radius 1 is 1.04 bits per heavy atom. The van der Waals surface area contributed by atoms with E-state index in [4.69, 9.17) is 4.74 Å². The molecule has 3 heteroatoms. The number of hydrogen-bond donors (Lipinski definition) is 1. The van der Waals surface area contributed by atoms with Gasteiger partial charge >= 0.3 is 0 Å². The number of nitrogens with one attached hydrogen (secondary N) is 1. The summed E-state index contributed by atoms with van der Waals surface area (Å²) in [5, 5.41) is 3.09. The van der Waals surface area contributed by atoms with Gasteiger partial charge in [-0.2, -0.15) is 0 Å². The fraction of sp³-hybridized carbons (Fsp3) is 0.381. The molecule has 24 heavy (non-hydrogen) atoms. The molecule has 0 spiro atoms. The third-order valence-corrected chi connectivity index (χ3v) is 3.95. The van der Waals surface area contributed by atoms with E-state index in [9.17, 15) is 4.79 Å². The number of hydrogen-bond acceptors (Lipinski definition) is 2. The summed E-state index contributed by atoms with van der Waals surface area (Å²) in [6, 6.07) is 18.0. The minimum absolute atomic E-state index is 0.0183. The Balaban J connectivity index is 1.92. The van der Waals surface area contributed by atoms with Crippen LogP contribution in [-0.4, -0.2) is 12.5 Å².